The van der Waals surface area contributed by atoms with Crippen molar-refractivity contribution in [3.63, 3.8) is 0 Å². The number of carbonyl (C=O) groups is 1. The molecule has 0 fully saturated rings. The minimum absolute atomic E-state index is 0.376. The summed E-state index contributed by atoms with van der Waals surface area (Å²) in [5, 5.41) is 2.80. The number of carbonyl (C=O) groups excluding carboxylic acids is 1. The van der Waals surface area contributed by atoms with Gasteiger partial charge in [-0.1, -0.05) is 12.2 Å². The summed E-state index contributed by atoms with van der Waals surface area (Å²) in [6.45, 7) is 0. The monoisotopic (exact) mass is 210 g/mol. The lowest BCUT2D eigenvalue weighted by Crippen LogP contribution is -2.11. The SMILES string of the molecule is NC(=O)c1c[nH]c2sccc2c1=S. The van der Waals surface area contributed by atoms with Gasteiger partial charge in [-0.2, -0.15) is 0 Å². The Bertz CT molecular complexity index is 526. The molecule has 0 radical (unpaired) electrons. The summed E-state index contributed by atoms with van der Waals surface area (Å²) in [7, 11) is 0. The Morgan fingerprint density at radius 1 is 1.62 bits per heavy atom. The average Bonchev–Trinajstić information content (AvgIpc) is 2.52. The molecule has 3 N–H and O–H groups in total. The van der Waals surface area contributed by atoms with Crippen LogP contribution in [0.25, 0.3) is 10.2 Å². The maximum atomic E-state index is 10.9. The van der Waals surface area contributed by atoms with Crippen molar-refractivity contribution in [2.45, 2.75) is 0 Å². The third-order valence-electron chi connectivity index (χ3n) is 1.77. The van der Waals surface area contributed by atoms with E-state index in [4.69, 9.17) is 18.0 Å². The van der Waals surface area contributed by atoms with E-state index < -0.39 is 5.91 Å². The second-order valence-electron chi connectivity index (χ2n) is 2.56. The highest BCUT2D eigenvalue weighted by molar-refractivity contribution is 7.71. The summed E-state index contributed by atoms with van der Waals surface area (Å²) < 4.78 is 0.530. The number of nitrogens with two attached hydrogens (primary N) is 1. The third-order valence-corrected chi connectivity index (χ3v) is 3.05. The van der Waals surface area contributed by atoms with Crippen LogP contribution in [0.3, 0.4) is 0 Å². The molecule has 2 aromatic rings. The smallest absolute Gasteiger partial charge is 0.251 e. The topological polar surface area (TPSA) is 58.9 Å². The predicted molar refractivity (Wildman–Crippen MR) is 55.5 cm³/mol. The van der Waals surface area contributed by atoms with E-state index in [-0.39, 0.29) is 0 Å². The van der Waals surface area contributed by atoms with Gasteiger partial charge in [0, 0.05) is 11.6 Å². The summed E-state index contributed by atoms with van der Waals surface area (Å²) in [6.07, 6.45) is 1.56. The van der Waals surface area contributed by atoms with Crippen molar-refractivity contribution >= 4 is 39.7 Å². The largest absolute Gasteiger partial charge is 0.366 e. The summed E-state index contributed by atoms with van der Waals surface area (Å²) in [5.74, 6) is -0.491. The molecule has 66 valence electrons. The van der Waals surface area contributed by atoms with E-state index in [1.165, 1.54) is 0 Å². The van der Waals surface area contributed by atoms with Crippen LogP contribution in [-0.2, 0) is 0 Å². The van der Waals surface area contributed by atoms with Crippen molar-refractivity contribution in [1.82, 2.24) is 4.98 Å². The van der Waals surface area contributed by atoms with Gasteiger partial charge in [-0.3, -0.25) is 4.79 Å². The number of rotatable bonds is 1. The number of primary amides is 1. The number of nitrogens with one attached hydrogen (secondary N) is 1. The summed E-state index contributed by atoms with van der Waals surface area (Å²) in [4.78, 5) is 14.9. The Balaban J connectivity index is 2.89. The van der Waals surface area contributed by atoms with Crippen LogP contribution in [0.15, 0.2) is 17.6 Å². The average molecular weight is 210 g/mol. The molecule has 2 rings (SSSR count). The minimum Gasteiger partial charge on any atom is -0.366 e. The number of hydrogen-bond acceptors (Lipinski definition) is 3. The standard InChI is InChI=1S/C8H6N2OS2/c9-7(11)5-3-10-8-4(6(5)12)1-2-13-8/h1-3H,(H2,9,11)(H,10,12). The van der Waals surface area contributed by atoms with E-state index in [2.05, 4.69) is 4.98 Å². The van der Waals surface area contributed by atoms with Crippen LogP contribution in [0.1, 0.15) is 10.4 Å². The van der Waals surface area contributed by atoms with E-state index in [0.717, 1.165) is 10.2 Å². The van der Waals surface area contributed by atoms with Gasteiger partial charge in [0.05, 0.1) is 10.1 Å². The van der Waals surface area contributed by atoms with Crippen LogP contribution in [0.2, 0.25) is 0 Å². The second kappa shape index (κ2) is 2.93. The van der Waals surface area contributed by atoms with Crippen molar-refractivity contribution in [2.75, 3.05) is 0 Å². The van der Waals surface area contributed by atoms with Crippen molar-refractivity contribution < 1.29 is 4.79 Å². The van der Waals surface area contributed by atoms with Gasteiger partial charge in [-0.05, 0) is 11.4 Å². The molecule has 0 unspecified atom stereocenters. The first kappa shape index (κ1) is 8.40. The van der Waals surface area contributed by atoms with Gasteiger partial charge in [-0.15, -0.1) is 11.3 Å². The lowest BCUT2D eigenvalue weighted by atomic mass is 10.2. The predicted octanol–water partition coefficient (Wildman–Crippen LogP) is 2.06. The third kappa shape index (κ3) is 1.26. The lowest BCUT2D eigenvalue weighted by Gasteiger charge is -1.96. The molecule has 0 spiro atoms. The molecular formula is C8H6N2OS2. The van der Waals surface area contributed by atoms with Crippen LogP contribution >= 0.6 is 23.6 Å². The molecule has 2 heterocycles. The normalized spacial score (nSPS) is 10.5. The Morgan fingerprint density at radius 3 is 3.08 bits per heavy atom. The highest BCUT2D eigenvalue weighted by Crippen LogP contribution is 2.20. The lowest BCUT2D eigenvalue weighted by molar-refractivity contribution is 0.0999. The molecule has 5 heteroatoms. The number of amides is 1. The maximum Gasteiger partial charge on any atom is 0.251 e. The zero-order valence-corrected chi connectivity index (χ0v) is 8.17. The zero-order chi connectivity index (χ0) is 9.42. The van der Waals surface area contributed by atoms with Crippen LogP contribution in [-0.4, -0.2) is 10.9 Å². The van der Waals surface area contributed by atoms with Crippen LogP contribution in [0, 0.1) is 4.51 Å². The summed E-state index contributed by atoms with van der Waals surface area (Å²) in [6, 6.07) is 1.88. The molecule has 0 bridgehead atoms. The fourth-order valence-corrected chi connectivity index (χ4v) is 2.29. The number of thiophene rings is 1. The van der Waals surface area contributed by atoms with Crippen molar-refractivity contribution in [2.24, 2.45) is 5.73 Å². The fraction of sp³-hybridized carbons (Fsp3) is 0. The van der Waals surface area contributed by atoms with Gasteiger partial charge in [0.2, 0.25) is 0 Å². The Hall–Kier alpha value is -1.20. The first-order chi connectivity index (χ1) is 6.20. The van der Waals surface area contributed by atoms with Gasteiger partial charge in [0.25, 0.3) is 5.91 Å². The highest BCUT2D eigenvalue weighted by Gasteiger charge is 2.06. The number of H-pyrrole nitrogens is 1. The highest BCUT2D eigenvalue weighted by atomic mass is 32.1. The van der Waals surface area contributed by atoms with E-state index in [1.807, 2.05) is 11.4 Å². The fourth-order valence-electron chi connectivity index (χ4n) is 1.13. The number of pyridine rings is 1. The zero-order valence-electron chi connectivity index (χ0n) is 6.53. The second-order valence-corrected chi connectivity index (χ2v) is 3.88. The first-order valence-corrected chi connectivity index (χ1v) is 4.87. The summed E-state index contributed by atoms with van der Waals surface area (Å²) >= 11 is 6.66. The van der Waals surface area contributed by atoms with E-state index in [1.54, 1.807) is 17.5 Å². The first-order valence-electron chi connectivity index (χ1n) is 3.59. The molecule has 0 aliphatic rings. The minimum atomic E-state index is -0.491. The van der Waals surface area contributed by atoms with Crippen LogP contribution in [0.5, 0.6) is 0 Å². The summed E-state index contributed by atoms with van der Waals surface area (Å²) in [5.41, 5.74) is 5.53. The van der Waals surface area contributed by atoms with E-state index >= 15 is 0 Å². The Morgan fingerprint density at radius 2 is 2.38 bits per heavy atom. The van der Waals surface area contributed by atoms with Crippen LogP contribution in [0.4, 0.5) is 0 Å². The number of fused-ring (bicyclic) bond motifs is 1. The van der Waals surface area contributed by atoms with Gasteiger partial charge in [0.1, 0.15) is 4.83 Å². The van der Waals surface area contributed by atoms with Gasteiger partial charge in [-0.25, -0.2) is 0 Å². The molecule has 0 aliphatic carbocycles. The van der Waals surface area contributed by atoms with Gasteiger partial charge in [0.15, 0.2) is 0 Å². The molecule has 0 atom stereocenters. The Kier molecular flexibility index (Phi) is 1.90. The molecule has 3 nitrogen and oxygen atoms in total. The number of aromatic nitrogens is 1. The Labute approximate surface area is 83.2 Å². The molecule has 0 saturated carbocycles. The molecule has 0 aliphatic heterocycles. The molecule has 0 aromatic carbocycles. The van der Waals surface area contributed by atoms with Crippen molar-refractivity contribution in [3.8, 4) is 0 Å². The van der Waals surface area contributed by atoms with E-state index in [0.29, 0.717) is 10.1 Å². The number of hydrogen-bond donors (Lipinski definition) is 2. The van der Waals surface area contributed by atoms with Crippen molar-refractivity contribution in [1.29, 1.82) is 0 Å². The molecule has 0 saturated heterocycles. The molecular weight excluding hydrogens is 204 g/mol. The van der Waals surface area contributed by atoms with Gasteiger partial charge >= 0.3 is 0 Å². The maximum absolute atomic E-state index is 10.9. The molecule has 1 amide bonds. The molecule has 13 heavy (non-hydrogen) atoms. The van der Waals surface area contributed by atoms with Crippen molar-refractivity contribution in [3.05, 3.63) is 27.7 Å². The van der Waals surface area contributed by atoms with E-state index in [9.17, 15) is 4.79 Å². The number of aromatic amines is 1. The van der Waals surface area contributed by atoms with Crippen LogP contribution < -0.4 is 5.73 Å². The molecule has 2 aromatic heterocycles. The van der Waals surface area contributed by atoms with Gasteiger partial charge < -0.3 is 10.7 Å². The quantitative estimate of drug-likeness (QED) is 0.708.